The molecule has 28 heavy (non-hydrogen) atoms. The SMILES string of the molecule is Cc1ccccc1CNC(=O)c1cccc(-c2cnc(CN)c(C(N)=O)n2)c1. The van der Waals surface area contributed by atoms with E-state index in [0.29, 0.717) is 29.1 Å². The smallest absolute Gasteiger partial charge is 0.269 e. The third-order valence-corrected chi connectivity index (χ3v) is 4.40. The lowest BCUT2D eigenvalue weighted by molar-refractivity contribution is 0.0949. The topological polar surface area (TPSA) is 124 Å². The average Bonchev–Trinajstić information content (AvgIpc) is 2.72. The molecule has 0 aliphatic heterocycles. The summed E-state index contributed by atoms with van der Waals surface area (Å²) in [6, 6.07) is 14.8. The van der Waals surface area contributed by atoms with E-state index in [1.54, 1.807) is 24.3 Å². The molecule has 7 nitrogen and oxygen atoms in total. The molecule has 0 atom stereocenters. The highest BCUT2D eigenvalue weighted by Crippen LogP contribution is 2.19. The van der Waals surface area contributed by atoms with Crippen molar-refractivity contribution in [1.82, 2.24) is 15.3 Å². The number of nitrogens with one attached hydrogen (secondary N) is 1. The quantitative estimate of drug-likeness (QED) is 0.607. The Bertz CT molecular complexity index is 1030. The van der Waals surface area contributed by atoms with Crippen LogP contribution in [-0.4, -0.2) is 21.8 Å². The van der Waals surface area contributed by atoms with Crippen LogP contribution in [0.1, 0.15) is 37.7 Å². The van der Waals surface area contributed by atoms with Crippen LogP contribution in [0.25, 0.3) is 11.3 Å². The summed E-state index contributed by atoms with van der Waals surface area (Å²) >= 11 is 0. The summed E-state index contributed by atoms with van der Waals surface area (Å²) in [5, 5.41) is 2.92. The number of benzene rings is 2. The number of aromatic nitrogens is 2. The molecule has 1 heterocycles. The summed E-state index contributed by atoms with van der Waals surface area (Å²) < 4.78 is 0. The Balaban J connectivity index is 1.82. The number of hydrogen-bond acceptors (Lipinski definition) is 5. The van der Waals surface area contributed by atoms with Crippen LogP contribution >= 0.6 is 0 Å². The first-order valence-corrected chi connectivity index (χ1v) is 8.78. The molecule has 7 heteroatoms. The van der Waals surface area contributed by atoms with Crippen LogP contribution in [0.15, 0.2) is 54.7 Å². The molecule has 0 aliphatic rings. The molecule has 142 valence electrons. The molecule has 3 rings (SSSR count). The van der Waals surface area contributed by atoms with Gasteiger partial charge in [0, 0.05) is 24.2 Å². The van der Waals surface area contributed by atoms with Gasteiger partial charge in [0.2, 0.25) is 0 Å². The molecule has 2 aromatic carbocycles. The molecule has 0 saturated heterocycles. The fourth-order valence-electron chi connectivity index (χ4n) is 2.81. The summed E-state index contributed by atoms with van der Waals surface area (Å²) in [4.78, 5) is 32.6. The number of rotatable bonds is 6. The summed E-state index contributed by atoms with van der Waals surface area (Å²) in [5.41, 5.74) is 15.1. The molecule has 5 N–H and O–H groups in total. The maximum Gasteiger partial charge on any atom is 0.269 e. The third kappa shape index (κ3) is 4.21. The maximum atomic E-state index is 12.6. The second kappa shape index (κ2) is 8.41. The first-order valence-electron chi connectivity index (χ1n) is 8.78. The number of carbonyl (C=O) groups is 2. The van der Waals surface area contributed by atoms with Gasteiger partial charge in [0.15, 0.2) is 5.69 Å². The lowest BCUT2D eigenvalue weighted by Gasteiger charge is -2.10. The van der Waals surface area contributed by atoms with Gasteiger partial charge in [-0.05, 0) is 30.2 Å². The van der Waals surface area contributed by atoms with Crippen molar-refractivity contribution in [3.63, 3.8) is 0 Å². The highest BCUT2D eigenvalue weighted by molar-refractivity contribution is 5.95. The van der Waals surface area contributed by atoms with Gasteiger partial charge in [-0.3, -0.25) is 14.6 Å². The van der Waals surface area contributed by atoms with Crippen molar-refractivity contribution >= 4 is 11.8 Å². The highest BCUT2D eigenvalue weighted by Gasteiger charge is 2.14. The van der Waals surface area contributed by atoms with Gasteiger partial charge in [0.25, 0.3) is 11.8 Å². The van der Waals surface area contributed by atoms with E-state index in [1.165, 1.54) is 6.20 Å². The Kier molecular flexibility index (Phi) is 5.76. The summed E-state index contributed by atoms with van der Waals surface area (Å²) in [5.74, 6) is -0.895. The zero-order valence-corrected chi connectivity index (χ0v) is 15.5. The molecule has 0 aliphatic carbocycles. The Morgan fingerprint density at radius 3 is 2.61 bits per heavy atom. The Morgan fingerprint density at radius 1 is 1.11 bits per heavy atom. The van der Waals surface area contributed by atoms with Crippen molar-refractivity contribution in [2.24, 2.45) is 11.5 Å². The number of amides is 2. The van der Waals surface area contributed by atoms with Gasteiger partial charge >= 0.3 is 0 Å². The fourth-order valence-corrected chi connectivity index (χ4v) is 2.81. The minimum absolute atomic E-state index is 0.0365. The predicted molar refractivity (Wildman–Crippen MR) is 106 cm³/mol. The normalized spacial score (nSPS) is 10.5. The first-order chi connectivity index (χ1) is 13.5. The van der Waals surface area contributed by atoms with E-state index in [-0.39, 0.29) is 18.1 Å². The molecule has 0 unspecified atom stereocenters. The number of primary amides is 1. The van der Waals surface area contributed by atoms with E-state index >= 15 is 0 Å². The first kappa shape index (κ1) is 19.2. The molecule has 0 saturated carbocycles. The second-order valence-corrected chi connectivity index (χ2v) is 6.31. The second-order valence-electron chi connectivity index (χ2n) is 6.31. The van der Waals surface area contributed by atoms with Gasteiger partial charge in [0.05, 0.1) is 17.6 Å². The highest BCUT2D eigenvalue weighted by atomic mass is 16.2. The zero-order chi connectivity index (χ0) is 20.1. The number of nitrogens with two attached hydrogens (primary N) is 2. The van der Waals surface area contributed by atoms with Crippen molar-refractivity contribution in [3.05, 3.63) is 82.8 Å². The van der Waals surface area contributed by atoms with Gasteiger partial charge < -0.3 is 16.8 Å². The van der Waals surface area contributed by atoms with Gasteiger partial charge in [-0.15, -0.1) is 0 Å². The molecule has 3 aromatic rings. The van der Waals surface area contributed by atoms with Crippen LogP contribution in [0.5, 0.6) is 0 Å². The molecule has 0 spiro atoms. The Morgan fingerprint density at radius 2 is 1.89 bits per heavy atom. The summed E-state index contributed by atoms with van der Waals surface area (Å²) in [7, 11) is 0. The molecular formula is C21H21N5O2. The minimum Gasteiger partial charge on any atom is -0.364 e. The van der Waals surface area contributed by atoms with Gasteiger partial charge in [-0.25, -0.2) is 4.98 Å². The molecule has 2 amide bonds. The van der Waals surface area contributed by atoms with Crippen LogP contribution in [0, 0.1) is 6.92 Å². The van der Waals surface area contributed by atoms with Crippen molar-refractivity contribution in [2.75, 3.05) is 0 Å². The predicted octanol–water partition coefficient (Wildman–Crippen LogP) is 1.94. The lowest BCUT2D eigenvalue weighted by Crippen LogP contribution is -2.23. The van der Waals surface area contributed by atoms with Crippen LogP contribution < -0.4 is 16.8 Å². The fraction of sp³-hybridized carbons (Fsp3) is 0.143. The number of hydrogen-bond donors (Lipinski definition) is 3. The largest absolute Gasteiger partial charge is 0.364 e. The van der Waals surface area contributed by atoms with Crippen LogP contribution in [0.4, 0.5) is 0 Å². The van der Waals surface area contributed by atoms with Crippen LogP contribution in [0.2, 0.25) is 0 Å². The van der Waals surface area contributed by atoms with E-state index in [2.05, 4.69) is 15.3 Å². The lowest BCUT2D eigenvalue weighted by atomic mass is 10.1. The van der Waals surface area contributed by atoms with Crippen molar-refractivity contribution in [1.29, 1.82) is 0 Å². The van der Waals surface area contributed by atoms with Gasteiger partial charge in [0.1, 0.15) is 0 Å². The molecule has 1 aromatic heterocycles. The van der Waals surface area contributed by atoms with E-state index in [1.807, 2.05) is 31.2 Å². The summed E-state index contributed by atoms with van der Waals surface area (Å²) in [6.07, 6.45) is 1.51. The number of nitrogens with zero attached hydrogens (tertiary/aromatic N) is 2. The third-order valence-electron chi connectivity index (χ3n) is 4.40. The average molecular weight is 375 g/mol. The minimum atomic E-state index is -0.693. The number of aryl methyl sites for hydroxylation is 1. The van der Waals surface area contributed by atoms with E-state index in [9.17, 15) is 9.59 Å². The maximum absolute atomic E-state index is 12.6. The Hall–Kier alpha value is -3.58. The Labute approximate surface area is 162 Å². The van der Waals surface area contributed by atoms with Crippen LogP contribution in [-0.2, 0) is 13.1 Å². The molecule has 0 fully saturated rings. The van der Waals surface area contributed by atoms with E-state index in [4.69, 9.17) is 11.5 Å². The molecular weight excluding hydrogens is 354 g/mol. The monoisotopic (exact) mass is 375 g/mol. The van der Waals surface area contributed by atoms with E-state index < -0.39 is 5.91 Å². The zero-order valence-electron chi connectivity index (χ0n) is 15.5. The van der Waals surface area contributed by atoms with Crippen LogP contribution in [0.3, 0.4) is 0 Å². The van der Waals surface area contributed by atoms with E-state index in [0.717, 1.165) is 11.1 Å². The van der Waals surface area contributed by atoms with Gasteiger partial charge in [-0.2, -0.15) is 0 Å². The van der Waals surface area contributed by atoms with Crippen molar-refractivity contribution in [3.8, 4) is 11.3 Å². The van der Waals surface area contributed by atoms with Gasteiger partial charge in [-0.1, -0.05) is 36.4 Å². The molecule has 0 radical (unpaired) electrons. The standard InChI is InChI=1S/C21H21N5O2/c1-13-5-2-3-6-16(13)11-25-21(28)15-8-4-7-14(9-15)18-12-24-17(10-22)19(26-18)20(23)27/h2-9,12H,10-11,22H2,1H3,(H2,23,27)(H,25,28). The number of carbonyl (C=O) groups excluding carboxylic acids is 2. The summed E-state index contributed by atoms with van der Waals surface area (Å²) in [6.45, 7) is 2.50. The molecule has 0 bridgehead atoms. The van der Waals surface area contributed by atoms with Crippen molar-refractivity contribution in [2.45, 2.75) is 20.0 Å². The van der Waals surface area contributed by atoms with Crippen molar-refractivity contribution < 1.29 is 9.59 Å².